The van der Waals surface area contributed by atoms with Gasteiger partial charge in [-0.05, 0) is 69.9 Å². The molecule has 0 amide bonds. The Morgan fingerprint density at radius 2 is 2.03 bits per heavy atom. The molecule has 0 bridgehead atoms. The third kappa shape index (κ3) is 3.29. The number of hydrogen-bond acceptors (Lipinski definition) is 6. The molecule has 31 heavy (non-hydrogen) atoms. The summed E-state index contributed by atoms with van der Waals surface area (Å²) in [5.74, 6) is 0.118. The fourth-order valence-electron chi connectivity index (χ4n) is 7.49. The molecule has 0 aromatic carbocycles. The largest absolute Gasteiger partial charge is 0.393 e. The van der Waals surface area contributed by atoms with Crippen LogP contribution in [0.2, 0.25) is 0 Å². The average molecular weight is 433 g/mol. The highest BCUT2D eigenvalue weighted by Crippen LogP contribution is 2.67. The summed E-state index contributed by atoms with van der Waals surface area (Å²) < 4.78 is 11.8. The first-order valence-corrected chi connectivity index (χ1v) is 11.6. The summed E-state index contributed by atoms with van der Waals surface area (Å²) in [7, 11) is 0. The lowest BCUT2D eigenvalue weighted by atomic mass is 9.46. The fourth-order valence-corrected chi connectivity index (χ4v) is 7.49. The van der Waals surface area contributed by atoms with Crippen molar-refractivity contribution in [2.24, 2.45) is 28.6 Å². The molecule has 0 aromatic heterocycles. The van der Waals surface area contributed by atoms with E-state index >= 15 is 0 Å². The maximum Gasteiger partial charge on any atom is 0.190 e. The Morgan fingerprint density at radius 3 is 2.71 bits per heavy atom. The minimum atomic E-state index is -1.15. The van der Waals surface area contributed by atoms with E-state index in [9.17, 15) is 19.8 Å². The molecule has 6 nitrogen and oxygen atoms in total. The van der Waals surface area contributed by atoms with E-state index < -0.39 is 23.7 Å². The van der Waals surface area contributed by atoms with Gasteiger partial charge in [0.25, 0.3) is 0 Å². The van der Waals surface area contributed by atoms with Crippen LogP contribution in [0.15, 0.2) is 23.8 Å². The summed E-state index contributed by atoms with van der Waals surface area (Å²) in [5, 5.41) is 21.3. The van der Waals surface area contributed by atoms with Crippen LogP contribution in [0, 0.1) is 28.6 Å². The van der Waals surface area contributed by atoms with E-state index in [0.717, 1.165) is 24.8 Å². The first kappa shape index (κ1) is 22.8. The molecule has 0 heterocycles. The zero-order chi connectivity index (χ0) is 22.6. The van der Waals surface area contributed by atoms with Crippen molar-refractivity contribution in [1.29, 1.82) is 0 Å². The maximum absolute atomic E-state index is 13.1. The number of hydrogen-bond donors (Lipinski definition) is 2. The highest BCUT2D eigenvalue weighted by Gasteiger charge is 2.69. The molecule has 0 saturated heterocycles. The third-order valence-electron chi connectivity index (χ3n) is 8.92. The minimum absolute atomic E-state index is 0.00173. The van der Waals surface area contributed by atoms with Crippen LogP contribution in [0.1, 0.15) is 59.8 Å². The molecule has 3 saturated carbocycles. The Hall–Kier alpha value is -1.34. The topological polar surface area (TPSA) is 93.1 Å². The molecule has 0 aromatic rings. The summed E-state index contributed by atoms with van der Waals surface area (Å²) in [6.07, 6.45) is 8.19. The summed E-state index contributed by atoms with van der Waals surface area (Å²) in [5.41, 5.74) is -0.964. The molecular formula is C25H36O6. The van der Waals surface area contributed by atoms with Crippen molar-refractivity contribution in [3.8, 4) is 0 Å². The number of carbonyl (C=O) groups excluding carboxylic acids is 2. The van der Waals surface area contributed by atoms with Crippen LogP contribution >= 0.6 is 0 Å². The molecular weight excluding hydrogens is 396 g/mol. The van der Waals surface area contributed by atoms with Gasteiger partial charge < -0.3 is 19.7 Å². The van der Waals surface area contributed by atoms with E-state index in [1.165, 1.54) is 0 Å². The van der Waals surface area contributed by atoms with E-state index in [1.54, 1.807) is 12.2 Å². The van der Waals surface area contributed by atoms with Crippen LogP contribution < -0.4 is 0 Å². The second-order valence-electron chi connectivity index (χ2n) is 10.6. The van der Waals surface area contributed by atoms with Crippen molar-refractivity contribution in [2.45, 2.75) is 77.6 Å². The van der Waals surface area contributed by atoms with E-state index in [1.807, 2.05) is 19.9 Å². The lowest BCUT2D eigenvalue weighted by molar-refractivity contribution is -0.222. The highest BCUT2D eigenvalue weighted by atomic mass is 16.7. The Balaban J connectivity index is 1.69. The van der Waals surface area contributed by atoms with Crippen LogP contribution in [0.25, 0.3) is 0 Å². The van der Waals surface area contributed by atoms with Crippen LogP contribution in [0.5, 0.6) is 0 Å². The van der Waals surface area contributed by atoms with Gasteiger partial charge in [-0.15, -0.1) is 0 Å². The molecule has 4 aliphatic carbocycles. The number of ketones is 2. The van der Waals surface area contributed by atoms with Crippen molar-refractivity contribution in [3.05, 3.63) is 23.8 Å². The van der Waals surface area contributed by atoms with E-state index in [-0.39, 0.29) is 47.6 Å². The van der Waals surface area contributed by atoms with Crippen LogP contribution in [-0.4, -0.2) is 53.0 Å². The molecule has 3 fully saturated rings. The quantitative estimate of drug-likeness (QED) is 0.627. The smallest absolute Gasteiger partial charge is 0.190 e. The number of rotatable bonds is 6. The van der Waals surface area contributed by atoms with Crippen molar-refractivity contribution >= 4 is 11.6 Å². The van der Waals surface area contributed by atoms with Gasteiger partial charge in [-0.25, -0.2) is 0 Å². The van der Waals surface area contributed by atoms with Gasteiger partial charge in [0.2, 0.25) is 0 Å². The Kier molecular flexibility index (Phi) is 5.83. The van der Waals surface area contributed by atoms with Crippen LogP contribution in [0.4, 0.5) is 0 Å². The first-order valence-electron chi connectivity index (χ1n) is 11.6. The third-order valence-corrected chi connectivity index (χ3v) is 8.92. The normalized spacial score (nSPS) is 44.0. The molecule has 0 radical (unpaired) electrons. The van der Waals surface area contributed by atoms with Crippen LogP contribution in [0.3, 0.4) is 0 Å². The lowest BCUT2D eigenvalue weighted by Crippen LogP contribution is -2.62. The SMILES string of the molecule is CC(C)OCO[C@]1(C(=O)CO)CC[C@H]2[C@@H]3CCC4=CC(=O)C=C[C@]4(C)[C@H]3[C@@H](O)C[C@@]21C. The van der Waals surface area contributed by atoms with Gasteiger partial charge in [-0.3, -0.25) is 9.59 Å². The molecule has 0 unspecified atom stereocenters. The molecule has 0 spiro atoms. The van der Waals surface area contributed by atoms with Gasteiger partial charge in [0.1, 0.15) is 19.0 Å². The number of fused-ring (bicyclic) bond motifs is 5. The summed E-state index contributed by atoms with van der Waals surface area (Å²) in [4.78, 5) is 25.1. The van der Waals surface area contributed by atoms with Crippen molar-refractivity contribution in [1.82, 2.24) is 0 Å². The van der Waals surface area contributed by atoms with Gasteiger partial charge in [0.05, 0.1) is 12.2 Å². The average Bonchev–Trinajstić information content (AvgIpc) is 3.00. The Bertz CT molecular complexity index is 815. The standard InChI is InChI=1S/C25H36O6/c1-15(2)30-14-31-25(21(29)13-26)10-8-19-18-6-5-16-11-17(27)7-9-23(16,3)22(18)20(28)12-24(19,25)4/h7,9,11,15,18-20,22,26,28H,5-6,8,10,12-14H2,1-4H3/t18-,19-,20-,22+,23-,24-,25-/m0/s1. The second kappa shape index (κ2) is 7.91. The summed E-state index contributed by atoms with van der Waals surface area (Å²) in [6.45, 7) is 7.43. The second-order valence-corrected chi connectivity index (χ2v) is 10.6. The number of ether oxygens (including phenoxy) is 2. The number of allylic oxidation sites excluding steroid dienone is 4. The molecule has 6 heteroatoms. The van der Waals surface area contributed by atoms with Gasteiger partial charge in [0.15, 0.2) is 11.6 Å². The monoisotopic (exact) mass is 432 g/mol. The zero-order valence-electron chi connectivity index (χ0n) is 19.1. The van der Waals surface area contributed by atoms with E-state index in [2.05, 4.69) is 13.8 Å². The molecule has 4 aliphatic rings. The Morgan fingerprint density at radius 1 is 1.29 bits per heavy atom. The minimum Gasteiger partial charge on any atom is -0.393 e. The van der Waals surface area contributed by atoms with Crippen molar-refractivity contribution in [3.63, 3.8) is 0 Å². The lowest BCUT2D eigenvalue weighted by Gasteiger charge is -2.60. The number of aliphatic hydroxyl groups is 2. The van der Waals surface area contributed by atoms with E-state index in [4.69, 9.17) is 9.47 Å². The first-order chi connectivity index (χ1) is 14.6. The molecule has 7 atom stereocenters. The zero-order valence-corrected chi connectivity index (χ0v) is 19.1. The van der Waals surface area contributed by atoms with Gasteiger partial charge in [0, 0.05) is 16.7 Å². The molecule has 0 aliphatic heterocycles. The molecule has 172 valence electrons. The predicted molar refractivity (Wildman–Crippen MR) is 115 cm³/mol. The number of aliphatic hydroxyl groups excluding tert-OH is 2. The van der Waals surface area contributed by atoms with Gasteiger partial charge in [-0.2, -0.15) is 0 Å². The van der Waals surface area contributed by atoms with Crippen molar-refractivity contribution in [2.75, 3.05) is 13.4 Å². The highest BCUT2D eigenvalue weighted by molar-refractivity contribution is 6.01. The summed E-state index contributed by atoms with van der Waals surface area (Å²) >= 11 is 0. The van der Waals surface area contributed by atoms with Gasteiger partial charge in [-0.1, -0.05) is 25.5 Å². The van der Waals surface area contributed by atoms with Crippen LogP contribution in [-0.2, 0) is 19.1 Å². The summed E-state index contributed by atoms with van der Waals surface area (Å²) in [6, 6.07) is 0. The maximum atomic E-state index is 13.1. The molecule has 4 rings (SSSR count). The number of Topliss-reactive ketones (excluding diaryl/α,β-unsaturated/α-hetero) is 1. The van der Waals surface area contributed by atoms with Crippen molar-refractivity contribution < 1.29 is 29.3 Å². The fraction of sp³-hybridized carbons (Fsp3) is 0.760. The predicted octanol–water partition coefficient (Wildman–Crippen LogP) is 2.96. The molecule has 2 N–H and O–H groups in total. The van der Waals surface area contributed by atoms with Gasteiger partial charge >= 0.3 is 0 Å². The number of carbonyl (C=O) groups is 2. The Labute approximate surface area is 184 Å². The van der Waals surface area contributed by atoms with E-state index in [0.29, 0.717) is 12.8 Å².